The summed E-state index contributed by atoms with van der Waals surface area (Å²) in [5.41, 5.74) is 3.10. The van der Waals surface area contributed by atoms with Crippen molar-refractivity contribution in [3.05, 3.63) is 64.8 Å². The minimum Gasteiger partial charge on any atom is -0.370 e. The molecule has 4 nitrogen and oxygen atoms in total. The second kappa shape index (κ2) is 8.68. The van der Waals surface area contributed by atoms with E-state index in [9.17, 15) is 0 Å². The molecule has 0 spiro atoms. The molecule has 7 heteroatoms. The topological polar surface area (TPSA) is 46.3 Å². The van der Waals surface area contributed by atoms with E-state index in [1.54, 1.807) is 0 Å². The van der Waals surface area contributed by atoms with Crippen molar-refractivity contribution in [1.82, 2.24) is 4.98 Å². The second-order valence-corrected chi connectivity index (χ2v) is 10.3. The monoisotopic (exact) mass is 452 g/mol. The molecular weight excluding hydrogens is 431 g/mol. The number of rotatable bonds is 8. The van der Waals surface area contributed by atoms with Crippen molar-refractivity contribution >= 4 is 50.8 Å². The van der Waals surface area contributed by atoms with Gasteiger partial charge in [0.2, 0.25) is 6.49 Å². The third-order valence-corrected chi connectivity index (χ3v) is 8.07. The van der Waals surface area contributed by atoms with Gasteiger partial charge >= 0.3 is 0 Å². The lowest BCUT2D eigenvalue weighted by atomic mass is 10.1. The Hall–Kier alpha value is -1.17. The number of nitrogens with one attached hydrogen (secondary N) is 2. The molecule has 0 radical (unpaired) electrons. The summed E-state index contributed by atoms with van der Waals surface area (Å²) in [6.07, 6.45) is 2.00. The van der Waals surface area contributed by atoms with E-state index in [2.05, 4.69) is 38.4 Å². The van der Waals surface area contributed by atoms with Crippen LogP contribution in [-0.2, 0) is 20.9 Å². The second-order valence-electron chi connectivity index (χ2n) is 5.72. The van der Waals surface area contributed by atoms with E-state index in [1.165, 1.54) is 0 Å². The molecule has 2 N–H and O–H groups in total. The molecule has 1 aromatic heterocycles. The van der Waals surface area contributed by atoms with Crippen molar-refractivity contribution in [2.45, 2.75) is 19.6 Å². The van der Waals surface area contributed by atoms with E-state index in [1.807, 2.05) is 56.4 Å². The van der Waals surface area contributed by atoms with Crippen LogP contribution in [0.2, 0.25) is 0 Å². The van der Waals surface area contributed by atoms with Crippen LogP contribution < -0.4 is 5.32 Å². The Bertz CT molecular complexity index is 903. The standard InChI is InChI=1S/C19H22BrN2O2PS/c1-3-23-25(26,24-4-2)19(22-15-11-9-14(20)10-12-15)17-13-21-18-8-6-5-7-16(17)18/h5-13,19,21-22H,3-4H2,1-2H3. The number of hydrogen-bond donors (Lipinski definition) is 2. The van der Waals surface area contributed by atoms with Crippen LogP contribution in [0.3, 0.4) is 0 Å². The number of halogens is 1. The lowest BCUT2D eigenvalue weighted by molar-refractivity contribution is 0.261. The maximum Gasteiger partial charge on any atom is 0.215 e. The highest BCUT2D eigenvalue weighted by atomic mass is 79.9. The average molecular weight is 453 g/mol. The molecule has 3 aromatic rings. The average Bonchev–Trinajstić information content (AvgIpc) is 3.05. The van der Waals surface area contributed by atoms with Crippen molar-refractivity contribution in [1.29, 1.82) is 0 Å². The Morgan fingerprint density at radius 1 is 1.08 bits per heavy atom. The molecule has 0 aliphatic rings. The molecule has 0 amide bonds. The zero-order chi connectivity index (χ0) is 18.6. The summed E-state index contributed by atoms with van der Waals surface area (Å²) in [6, 6.07) is 16.2. The molecular formula is C19H22BrN2O2PS. The first-order chi connectivity index (χ1) is 12.6. The van der Waals surface area contributed by atoms with E-state index < -0.39 is 6.49 Å². The van der Waals surface area contributed by atoms with Crippen LogP contribution in [0.5, 0.6) is 0 Å². The van der Waals surface area contributed by atoms with Crippen LogP contribution >= 0.6 is 22.4 Å². The summed E-state index contributed by atoms with van der Waals surface area (Å²) in [5, 5.41) is 4.69. The number of hydrogen-bond acceptors (Lipinski definition) is 4. The lowest BCUT2D eigenvalue weighted by Crippen LogP contribution is -2.15. The molecule has 0 bridgehead atoms. The van der Waals surface area contributed by atoms with Crippen molar-refractivity contribution in [2.75, 3.05) is 18.5 Å². The highest BCUT2D eigenvalue weighted by molar-refractivity contribution is 9.10. The SMILES string of the molecule is CCOP(=S)(OCC)C(Nc1ccc(Br)cc1)c1c[nH]c2ccccc12. The molecule has 0 aliphatic heterocycles. The number of H-pyrrole nitrogens is 1. The van der Waals surface area contributed by atoms with Crippen LogP contribution in [0.1, 0.15) is 25.2 Å². The first kappa shape index (κ1) is 19.6. The van der Waals surface area contributed by atoms with Crippen molar-refractivity contribution in [2.24, 2.45) is 0 Å². The van der Waals surface area contributed by atoms with Crippen LogP contribution in [0, 0.1) is 0 Å². The van der Waals surface area contributed by atoms with Gasteiger partial charge in [0.15, 0.2) is 0 Å². The molecule has 138 valence electrons. The summed E-state index contributed by atoms with van der Waals surface area (Å²) in [4.78, 5) is 3.33. The van der Waals surface area contributed by atoms with E-state index in [-0.39, 0.29) is 5.78 Å². The largest absolute Gasteiger partial charge is 0.370 e. The summed E-state index contributed by atoms with van der Waals surface area (Å²) in [7, 11) is 0. The fourth-order valence-corrected chi connectivity index (χ4v) is 6.25. The highest BCUT2D eigenvalue weighted by Gasteiger charge is 2.34. The van der Waals surface area contributed by atoms with Gasteiger partial charge in [-0.3, -0.25) is 0 Å². The van der Waals surface area contributed by atoms with E-state index in [0.717, 1.165) is 26.6 Å². The van der Waals surface area contributed by atoms with E-state index in [0.29, 0.717) is 13.2 Å². The van der Waals surface area contributed by atoms with Crippen molar-refractivity contribution in [3.8, 4) is 0 Å². The summed E-state index contributed by atoms with van der Waals surface area (Å²) in [5.74, 6) is -0.255. The van der Waals surface area contributed by atoms with Crippen LogP contribution in [0.15, 0.2) is 59.2 Å². The van der Waals surface area contributed by atoms with Gasteiger partial charge in [0.1, 0.15) is 5.78 Å². The molecule has 0 saturated heterocycles. The molecule has 26 heavy (non-hydrogen) atoms. The van der Waals surface area contributed by atoms with E-state index >= 15 is 0 Å². The molecule has 0 saturated carbocycles. The van der Waals surface area contributed by atoms with Gasteiger partial charge in [0, 0.05) is 32.8 Å². The predicted octanol–water partition coefficient (Wildman–Crippen LogP) is 6.42. The van der Waals surface area contributed by atoms with Crippen molar-refractivity contribution < 1.29 is 9.05 Å². The van der Waals surface area contributed by atoms with Gasteiger partial charge in [-0.05, 0) is 56.0 Å². The minimum absolute atomic E-state index is 0.255. The number of fused-ring (bicyclic) bond motifs is 1. The Labute approximate surface area is 167 Å². The van der Waals surface area contributed by atoms with Gasteiger partial charge < -0.3 is 19.3 Å². The Morgan fingerprint density at radius 2 is 1.73 bits per heavy atom. The highest BCUT2D eigenvalue weighted by Crippen LogP contribution is 2.62. The fraction of sp³-hybridized carbons (Fsp3) is 0.263. The molecule has 3 rings (SSSR count). The maximum atomic E-state index is 6.02. The fourth-order valence-electron chi connectivity index (χ4n) is 2.90. The van der Waals surface area contributed by atoms with Crippen LogP contribution in [-0.4, -0.2) is 18.2 Å². The van der Waals surface area contributed by atoms with Crippen molar-refractivity contribution in [3.63, 3.8) is 0 Å². The summed E-state index contributed by atoms with van der Waals surface area (Å²) < 4.78 is 13.1. The van der Waals surface area contributed by atoms with E-state index in [4.69, 9.17) is 20.9 Å². The molecule has 1 heterocycles. The lowest BCUT2D eigenvalue weighted by Gasteiger charge is -2.31. The molecule has 2 aromatic carbocycles. The van der Waals surface area contributed by atoms with Gasteiger partial charge in [0.05, 0.1) is 13.2 Å². The Kier molecular flexibility index (Phi) is 6.54. The number of anilines is 1. The number of aromatic nitrogens is 1. The maximum absolute atomic E-state index is 6.02. The van der Waals surface area contributed by atoms with Gasteiger partial charge in [-0.2, -0.15) is 0 Å². The van der Waals surface area contributed by atoms with Gasteiger partial charge in [-0.25, -0.2) is 0 Å². The molecule has 0 aliphatic carbocycles. The predicted molar refractivity (Wildman–Crippen MR) is 116 cm³/mol. The Balaban J connectivity index is 2.08. The summed E-state index contributed by atoms with van der Waals surface area (Å²) in [6.45, 7) is 2.32. The van der Waals surface area contributed by atoms with Crippen LogP contribution in [0.25, 0.3) is 10.9 Å². The van der Waals surface area contributed by atoms with Gasteiger partial charge in [-0.15, -0.1) is 0 Å². The Morgan fingerprint density at radius 3 is 2.38 bits per heavy atom. The smallest absolute Gasteiger partial charge is 0.215 e. The first-order valence-corrected chi connectivity index (χ1v) is 12.0. The number of aromatic amines is 1. The van der Waals surface area contributed by atoms with Gasteiger partial charge in [-0.1, -0.05) is 34.1 Å². The normalized spacial score (nSPS) is 13.0. The summed E-state index contributed by atoms with van der Waals surface area (Å²) >= 11 is 9.41. The molecule has 1 unspecified atom stereocenters. The number of para-hydroxylation sites is 1. The minimum atomic E-state index is -2.61. The quantitative estimate of drug-likeness (QED) is 0.386. The zero-order valence-corrected chi connectivity index (χ0v) is 18.0. The molecule has 0 fully saturated rings. The third kappa shape index (κ3) is 4.21. The van der Waals surface area contributed by atoms with Gasteiger partial charge in [0.25, 0.3) is 0 Å². The third-order valence-electron chi connectivity index (χ3n) is 4.00. The number of benzene rings is 2. The zero-order valence-electron chi connectivity index (χ0n) is 14.7. The molecule has 1 atom stereocenters. The first-order valence-electron chi connectivity index (χ1n) is 8.54. The van der Waals surface area contributed by atoms with Crippen LogP contribution in [0.4, 0.5) is 5.69 Å².